The summed E-state index contributed by atoms with van der Waals surface area (Å²) in [5, 5.41) is 19.4. The van der Waals surface area contributed by atoms with Crippen LogP contribution in [0.3, 0.4) is 0 Å². The Balaban J connectivity index is 2.27. The van der Waals surface area contributed by atoms with Gasteiger partial charge in [0.05, 0.1) is 0 Å². The maximum atomic E-state index is 11.9. The van der Waals surface area contributed by atoms with Crippen molar-refractivity contribution in [3.8, 4) is 0 Å². The third kappa shape index (κ3) is 2.22. The Labute approximate surface area is 134 Å². The predicted octanol–water partition coefficient (Wildman–Crippen LogP) is 3.09. The zero-order valence-electron chi connectivity index (χ0n) is 12.8. The van der Waals surface area contributed by atoms with E-state index >= 15 is 0 Å². The first-order valence-electron chi connectivity index (χ1n) is 7.51. The fourth-order valence-electron chi connectivity index (χ4n) is 3.76. The molecule has 0 radical (unpaired) electrons. The summed E-state index contributed by atoms with van der Waals surface area (Å²) in [5.74, 6) is -2.55. The SMILES string of the molecule is CC1(c2ccccc2)CC(C(=O)O)(C(=O)O)Cc2ccccc21. The zero-order chi connectivity index (χ0) is 16.7. The van der Waals surface area contributed by atoms with E-state index in [9.17, 15) is 19.8 Å². The molecular formula is C19H18O4. The van der Waals surface area contributed by atoms with Crippen LogP contribution in [-0.2, 0) is 21.4 Å². The minimum atomic E-state index is -1.81. The lowest BCUT2D eigenvalue weighted by molar-refractivity contribution is -0.166. The molecule has 0 aliphatic heterocycles. The van der Waals surface area contributed by atoms with Crippen molar-refractivity contribution in [2.24, 2.45) is 5.41 Å². The van der Waals surface area contributed by atoms with Crippen molar-refractivity contribution < 1.29 is 19.8 Å². The fraction of sp³-hybridized carbons (Fsp3) is 0.263. The van der Waals surface area contributed by atoms with Crippen LogP contribution in [0.25, 0.3) is 0 Å². The van der Waals surface area contributed by atoms with Crippen LogP contribution >= 0.6 is 0 Å². The summed E-state index contributed by atoms with van der Waals surface area (Å²) in [7, 11) is 0. The average molecular weight is 310 g/mol. The first kappa shape index (κ1) is 15.3. The van der Waals surface area contributed by atoms with Gasteiger partial charge in [0.2, 0.25) is 0 Å². The van der Waals surface area contributed by atoms with E-state index in [4.69, 9.17) is 0 Å². The molecule has 0 amide bonds. The summed E-state index contributed by atoms with van der Waals surface area (Å²) in [6, 6.07) is 17.1. The second-order valence-electron chi connectivity index (χ2n) is 6.40. The molecule has 0 saturated heterocycles. The molecule has 2 aromatic carbocycles. The van der Waals surface area contributed by atoms with Gasteiger partial charge < -0.3 is 10.2 Å². The predicted molar refractivity (Wildman–Crippen MR) is 85.4 cm³/mol. The maximum absolute atomic E-state index is 11.9. The lowest BCUT2D eigenvalue weighted by Crippen LogP contribution is -2.50. The molecule has 23 heavy (non-hydrogen) atoms. The maximum Gasteiger partial charge on any atom is 0.321 e. The van der Waals surface area contributed by atoms with Crippen LogP contribution in [0.4, 0.5) is 0 Å². The molecule has 4 heteroatoms. The third-order valence-electron chi connectivity index (χ3n) is 4.99. The minimum Gasteiger partial charge on any atom is -0.480 e. The summed E-state index contributed by atoms with van der Waals surface area (Å²) in [6.07, 6.45) is 0.0436. The molecule has 0 aromatic heterocycles. The van der Waals surface area contributed by atoms with Crippen LogP contribution in [0.1, 0.15) is 30.0 Å². The Morgan fingerprint density at radius 3 is 2.09 bits per heavy atom. The summed E-state index contributed by atoms with van der Waals surface area (Å²) in [5.41, 5.74) is 0.254. The number of rotatable bonds is 3. The van der Waals surface area contributed by atoms with E-state index in [2.05, 4.69) is 0 Å². The molecule has 2 aromatic rings. The molecule has 118 valence electrons. The van der Waals surface area contributed by atoms with Crippen LogP contribution in [0.15, 0.2) is 54.6 Å². The average Bonchev–Trinajstić information content (AvgIpc) is 2.55. The molecule has 0 spiro atoms. The molecule has 0 heterocycles. The summed E-state index contributed by atoms with van der Waals surface area (Å²) >= 11 is 0. The topological polar surface area (TPSA) is 74.6 Å². The number of hydrogen-bond acceptors (Lipinski definition) is 2. The van der Waals surface area contributed by atoms with E-state index < -0.39 is 22.8 Å². The highest BCUT2D eigenvalue weighted by molar-refractivity contribution is 5.99. The Morgan fingerprint density at radius 2 is 1.48 bits per heavy atom. The number of fused-ring (bicyclic) bond motifs is 1. The first-order chi connectivity index (χ1) is 10.9. The van der Waals surface area contributed by atoms with Crippen LogP contribution < -0.4 is 0 Å². The molecule has 0 fully saturated rings. The van der Waals surface area contributed by atoms with Gasteiger partial charge in [0.25, 0.3) is 0 Å². The molecule has 1 aliphatic carbocycles. The number of carboxylic acids is 2. The Kier molecular flexibility index (Phi) is 3.48. The molecule has 3 rings (SSSR count). The Hall–Kier alpha value is -2.62. The van der Waals surface area contributed by atoms with Gasteiger partial charge in [0, 0.05) is 5.41 Å². The van der Waals surface area contributed by atoms with Crippen molar-refractivity contribution in [2.75, 3.05) is 0 Å². The smallest absolute Gasteiger partial charge is 0.321 e. The lowest BCUT2D eigenvalue weighted by atomic mass is 9.58. The van der Waals surface area contributed by atoms with Crippen molar-refractivity contribution >= 4 is 11.9 Å². The molecule has 0 bridgehead atoms. The quantitative estimate of drug-likeness (QED) is 0.854. The zero-order valence-corrected chi connectivity index (χ0v) is 12.8. The van der Waals surface area contributed by atoms with Crippen molar-refractivity contribution in [3.63, 3.8) is 0 Å². The van der Waals surface area contributed by atoms with Gasteiger partial charge in [-0.3, -0.25) is 9.59 Å². The van der Waals surface area contributed by atoms with Crippen LogP contribution in [0.2, 0.25) is 0 Å². The summed E-state index contributed by atoms with van der Waals surface area (Å²) in [6.45, 7) is 1.93. The van der Waals surface area contributed by atoms with Crippen molar-refractivity contribution in [2.45, 2.75) is 25.2 Å². The lowest BCUT2D eigenvalue weighted by Gasteiger charge is -2.43. The number of carbonyl (C=O) groups is 2. The summed E-state index contributed by atoms with van der Waals surface area (Å²) in [4.78, 5) is 23.7. The van der Waals surface area contributed by atoms with Gasteiger partial charge in [-0.05, 0) is 29.5 Å². The number of aliphatic carboxylic acids is 2. The van der Waals surface area contributed by atoms with Crippen molar-refractivity contribution in [1.82, 2.24) is 0 Å². The number of carboxylic acid groups (broad SMARTS) is 2. The van der Waals surface area contributed by atoms with Crippen LogP contribution in [-0.4, -0.2) is 22.2 Å². The van der Waals surface area contributed by atoms with Crippen LogP contribution in [0, 0.1) is 5.41 Å². The second-order valence-corrected chi connectivity index (χ2v) is 6.40. The third-order valence-corrected chi connectivity index (χ3v) is 4.99. The van der Waals surface area contributed by atoms with Gasteiger partial charge in [-0.15, -0.1) is 0 Å². The standard InChI is InChI=1S/C19H18O4/c1-18(14-8-3-2-4-9-14)12-19(16(20)21,17(22)23)11-13-7-5-6-10-15(13)18/h2-10H,11-12H2,1H3,(H,20,21)(H,22,23). The van der Waals surface area contributed by atoms with E-state index in [0.29, 0.717) is 0 Å². The van der Waals surface area contributed by atoms with Gasteiger partial charge >= 0.3 is 11.9 Å². The second kappa shape index (κ2) is 5.23. The fourth-order valence-corrected chi connectivity index (χ4v) is 3.76. The normalized spacial score (nSPS) is 22.1. The van der Waals surface area contributed by atoms with E-state index in [1.807, 2.05) is 61.5 Å². The van der Waals surface area contributed by atoms with Gasteiger partial charge in [-0.25, -0.2) is 0 Å². The Bertz CT molecular complexity index is 752. The highest BCUT2D eigenvalue weighted by Crippen LogP contribution is 2.49. The molecule has 1 atom stereocenters. The molecule has 2 N–H and O–H groups in total. The largest absolute Gasteiger partial charge is 0.480 e. The molecule has 1 unspecified atom stereocenters. The minimum absolute atomic E-state index is 0.0102. The number of hydrogen-bond donors (Lipinski definition) is 2. The van der Waals surface area contributed by atoms with Crippen molar-refractivity contribution in [1.29, 1.82) is 0 Å². The molecule has 4 nitrogen and oxygen atoms in total. The summed E-state index contributed by atoms with van der Waals surface area (Å²) < 4.78 is 0. The molecular weight excluding hydrogens is 292 g/mol. The van der Waals surface area contributed by atoms with Gasteiger partial charge in [0.1, 0.15) is 0 Å². The highest BCUT2D eigenvalue weighted by Gasteiger charge is 2.55. The van der Waals surface area contributed by atoms with Crippen LogP contribution in [0.5, 0.6) is 0 Å². The molecule has 1 aliphatic rings. The monoisotopic (exact) mass is 310 g/mol. The van der Waals surface area contributed by atoms with Crippen molar-refractivity contribution in [3.05, 3.63) is 71.3 Å². The van der Waals surface area contributed by atoms with Gasteiger partial charge in [-0.2, -0.15) is 0 Å². The highest BCUT2D eigenvalue weighted by atomic mass is 16.4. The van der Waals surface area contributed by atoms with E-state index in [0.717, 1.165) is 16.7 Å². The van der Waals surface area contributed by atoms with Gasteiger partial charge in [-0.1, -0.05) is 61.5 Å². The molecule has 0 saturated carbocycles. The van der Waals surface area contributed by atoms with Gasteiger partial charge in [0.15, 0.2) is 5.41 Å². The first-order valence-corrected chi connectivity index (χ1v) is 7.51. The van der Waals surface area contributed by atoms with E-state index in [-0.39, 0.29) is 12.8 Å². The Morgan fingerprint density at radius 1 is 0.913 bits per heavy atom. The number of benzene rings is 2. The van der Waals surface area contributed by atoms with E-state index in [1.54, 1.807) is 0 Å². The van der Waals surface area contributed by atoms with E-state index in [1.165, 1.54) is 0 Å².